The maximum absolute atomic E-state index is 8.82. The maximum Gasteiger partial charge on any atom is 0.246 e. The Hall–Kier alpha value is 1.37. The summed E-state index contributed by atoms with van der Waals surface area (Å²) in [7, 11) is 0. The molecule has 0 aromatic heterocycles. The quantitative estimate of drug-likeness (QED) is 0.549. The van der Waals surface area contributed by atoms with Crippen molar-refractivity contribution >= 4 is 58.0 Å². The van der Waals surface area contributed by atoms with Gasteiger partial charge in [0.2, 0.25) is 9.58 Å². The summed E-state index contributed by atoms with van der Waals surface area (Å²) in [6.45, 7) is 0. The van der Waals surface area contributed by atoms with Gasteiger partial charge >= 0.3 is 0 Å². The van der Waals surface area contributed by atoms with Crippen molar-refractivity contribution in [2.45, 2.75) is 14.4 Å². The molecule has 0 aliphatic heterocycles. The van der Waals surface area contributed by atoms with Crippen LogP contribution >= 0.6 is 58.0 Å². The van der Waals surface area contributed by atoms with Gasteiger partial charge in [0.15, 0.2) is 4.84 Å². The van der Waals surface area contributed by atoms with Gasteiger partial charge in [-0.25, -0.2) is 0 Å². The standard InChI is InChI=1S/C3H3Cl5O2/c4-1(5)2(9,10)3(6,7)8/h1,9-10H. The molecule has 0 saturated carbocycles. The molecule has 0 aliphatic carbocycles. The molecule has 0 bridgehead atoms. The van der Waals surface area contributed by atoms with Gasteiger partial charge in [0.05, 0.1) is 0 Å². The highest BCUT2D eigenvalue weighted by molar-refractivity contribution is 6.69. The molecule has 2 nitrogen and oxygen atoms in total. The van der Waals surface area contributed by atoms with E-state index in [1.165, 1.54) is 0 Å². The molecule has 62 valence electrons. The second kappa shape index (κ2) is 3.40. The minimum Gasteiger partial charge on any atom is -0.360 e. The first-order valence-corrected chi connectivity index (χ1v) is 4.00. The van der Waals surface area contributed by atoms with Crippen LogP contribution in [-0.4, -0.2) is 24.6 Å². The number of alkyl halides is 5. The Morgan fingerprint density at radius 3 is 1.30 bits per heavy atom. The van der Waals surface area contributed by atoms with E-state index in [-0.39, 0.29) is 0 Å². The smallest absolute Gasteiger partial charge is 0.246 e. The van der Waals surface area contributed by atoms with E-state index in [4.69, 9.17) is 68.2 Å². The van der Waals surface area contributed by atoms with Gasteiger partial charge in [-0.15, -0.1) is 0 Å². The van der Waals surface area contributed by atoms with E-state index in [0.717, 1.165) is 0 Å². The Labute approximate surface area is 82.6 Å². The molecule has 2 N–H and O–H groups in total. The van der Waals surface area contributed by atoms with E-state index in [2.05, 4.69) is 0 Å². The van der Waals surface area contributed by atoms with Crippen LogP contribution in [0.2, 0.25) is 0 Å². The molecule has 0 atom stereocenters. The normalized spacial score (nSPS) is 14.4. The van der Waals surface area contributed by atoms with Crippen molar-refractivity contribution in [2.75, 3.05) is 0 Å². The maximum atomic E-state index is 8.82. The monoisotopic (exact) mass is 246 g/mol. The highest BCUT2D eigenvalue weighted by atomic mass is 35.6. The Balaban J connectivity index is 4.40. The molecule has 0 rings (SSSR count). The topological polar surface area (TPSA) is 40.5 Å². The third kappa shape index (κ3) is 2.45. The molecule has 0 aliphatic rings. The number of rotatable bonds is 1. The van der Waals surface area contributed by atoms with E-state index in [9.17, 15) is 0 Å². The Morgan fingerprint density at radius 2 is 1.30 bits per heavy atom. The molecule has 7 heteroatoms. The van der Waals surface area contributed by atoms with Crippen LogP contribution in [0, 0.1) is 0 Å². The van der Waals surface area contributed by atoms with Gasteiger partial charge in [-0.1, -0.05) is 58.0 Å². The summed E-state index contributed by atoms with van der Waals surface area (Å²) < 4.78 is -2.32. The van der Waals surface area contributed by atoms with Crippen LogP contribution in [-0.2, 0) is 0 Å². The molecular weight excluding hydrogens is 245 g/mol. The zero-order valence-corrected chi connectivity index (χ0v) is 8.14. The third-order valence-corrected chi connectivity index (χ3v) is 2.16. The van der Waals surface area contributed by atoms with E-state index < -0.39 is 14.4 Å². The largest absolute Gasteiger partial charge is 0.360 e. The summed E-state index contributed by atoms with van der Waals surface area (Å²) in [5.41, 5.74) is 0. The van der Waals surface area contributed by atoms with Crippen LogP contribution in [0.25, 0.3) is 0 Å². The molecule has 0 saturated heterocycles. The van der Waals surface area contributed by atoms with E-state index in [0.29, 0.717) is 0 Å². The third-order valence-electron chi connectivity index (χ3n) is 0.721. The van der Waals surface area contributed by atoms with Gasteiger partial charge < -0.3 is 10.2 Å². The first-order valence-electron chi connectivity index (χ1n) is 1.99. The molecule has 10 heavy (non-hydrogen) atoms. The number of aliphatic hydroxyl groups is 2. The molecule has 0 spiro atoms. The molecule has 0 fully saturated rings. The van der Waals surface area contributed by atoms with Crippen molar-refractivity contribution < 1.29 is 10.2 Å². The summed E-state index contributed by atoms with van der Waals surface area (Å²) in [5, 5.41) is 17.6. The van der Waals surface area contributed by atoms with Gasteiger partial charge in [-0.3, -0.25) is 0 Å². The SMILES string of the molecule is OC(O)(C(Cl)Cl)C(Cl)(Cl)Cl. The van der Waals surface area contributed by atoms with E-state index in [1.807, 2.05) is 0 Å². The average Bonchev–Trinajstić information content (AvgIpc) is 1.62. The number of hydrogen-bond donors (Lipinski definition) is 2. The second-order valence-electron chi connectivity index (χ2n) is 1.52. The van der Waals surface area contributed by atoms with Crippen molar-refractivity contribution in [3.8, 4) is 0 Å². The zero-order valence-electron chi connectivity index (χ0n) is 4.36. The van der Waals surface area contributed by atoms with Crippen molar-refractivity contribution in [2.24, 2.45) is 0 Å². The summed E-state index contributed by atoms with van der Waals surface area (Å²) in [4.78, 5) is -1.58. The predicted molar refractivity (Wildman–Crippen MR) is 43.0 cm³/mol. The molecular formula is C3H3Cl5O2. The number of hydrogen-bond acceptors (Lipinski definition) is 2. The van der Waals surface area contributed by atoms with Crippen LogP contribution in [0.15, 0.2) is 0 Å². The van der Waals surface area contributed by atoms with Crippen molar-refractivity contribution in [1.82, 2.24) is 0 Å². The Morgan fingerprint density at radius 1 is 1.00 bits per heavy atom. The van der Waals surface area contributed by atoms with Gasteiger partial charge in [0.1, 0.15) is 0 Å². The first kappa shape index (κ1) is 11.4. The summed E-state index contributed by atoms with van der Waals surface area (Å²) in [6, 6.07) is 0. The molecule has 0 amide bonds. The Bertz CT molecular complexity index is 117. The van der Waals surface area contributed by atoms with Gasteiger partial charge in [-0.05, 0) is 0 Å². The highest BCUT2D eigenvalue weighted by Gasteiger charge is 2.50. The summed E-state index contributed by atoms with van der Waals surface area (Å²) >= 11 is 25.4. The van der Waals surface area contributed by atoms with E-state index >= 15 is 0 Å². The molecule has 0 radical (unpaired) electrons. The second-order valence-corrected chi connectivity index (χ2v) is 4.90. The van der Waals surface area contributed by atoms with Gasteiger partial charge in [0, 0.05) is 0 Å². The molecule has 0 heterocycles. The lowest BCUT2D eigenvalue weighted by Crippen LogP contribution is -2.48. The fraction of sp³-hybridized carbons (Fsp3) is 1.00. The van der Waals surface area contributed by atoms with Crippen molar-refractivity contribution in [3.63, 3.8) is 0 Å². The predicted octanol–water partition coefficient (Wildman–Crippen LogP) is 1.84. The zero-order chi connectivity index (χ0) is 8.58. The van der Waals surface area contributed by atoms with Gasteiger partial charge in [-0.2, -0.15) is 0 Å². The lowest BCUT2D eigenvalue weighted by atomic mass is 10.4. The van der Waals surface area contributed by atoms with Crippen molar-refractivity contribution in [3.05, 3.63) is 0 Å². The summed E-state index contributed by atoms with van der Waals surface area (Å²) in [5.74, 6) is -2.74. The lowest BCUT2D eigenvalue weighted by Gasteiger charge is -2.29. The molecule has 0 aromatic carbocycles. The van der Waals surface area contributed by atoms with Crippen molar-refractivity contribution in [1.29, 1.82) is 0 Å². The first-order chi connectivity index (χ1) is 4.19. The summed E-state index contributed by atoms with van der Waals surface area (Å²) in [6.07, 6.45) is 0. The van der Waals surface area contributed by atoms with Crippen LogP contribution in [0.5, 0.6) is 0 Å². The molecule has 0 aromatic rings. The Kier molecular flexibility index (Phi) is 3.86. The average molecular weight is 248 g/mol. The fourth-order valence-corrected chi connectivity index (χ4v) is 1.11. The number of halogens is 5. The van der Waals surface area contributed by atoms with Crippen LogP contribution in [0.4, 0.5) is 0 Å². The minimum absolute atomic E-state index is 1.58. The van der Waals surface area contributed by atoms with Crippen LogP contribution < -0.4 is 0 Å². The van der Waals surface area contributed by atoms with Crippen LogP contribution in [0.1, 0.15) is 0 Å². The van der Waals surface area contributed by atoms with Gasteiger partial charge in [0.25, 0.3) is 0 Å². The minimum atomic E-state index is -2.74. The molecule has 0 unspecified atom stereocenters. The fourth-order valence-electron chi connectivity index (χ4n) is 0.124. The van der Waals surface area contributed by atoms with Crippen LogP contribution in [0.3, 0.4) is 0 Å². The highest BCUT2D eigenvalue weighted by Crippen LogP contribution is 2.41. The lowest BCUT2D eigenvalue weighted by molar-refractivity contribution is -0.144. The van der Waals surface area contributed by atoms with E-state index in [1.54, 1.807) is 0 Å².